The molecule has 1 aromatic rings. The lowest BCUT2D eigenvalue weighted by Crippen LogP contribution is -2.34. The van der Waals surface area contributed by atoms with Gasteiger partial charge in [0.15, 0.2) is 5.06 Å². The van der Waals surface area contributed by atoms with Crippen molar-refractivity contribution in [2.24, 2.45) is 0 Å². The summed E-state index contributed by atoms with van der Waals surface area (Å²) in [6.45, 7) is 1.58. The molecule has 76 valence electrons. The highest BCUT2D eigenvalue weighted by Crippen LogP contribution is 2.31. The van der Waals surface area contributed by atoms with E-state index >= 15 is 0 Å². The molecule has 2 rings (SSSR count). The van der Waals surface area contributed by atoms with Crippen LogP contribution in [0.3, 0.4) is 0 Å². The zero-order chi connectivity index (χ0) is 9.97. The molecule has 1 aliphatic rings. The van der Waals surface area contributed by atoms with E-state index in [1.807, 2.05) is 12.1 Å². The number of carbonyl (C=O) groups is 1. The fourth-order valence-corrected chi connectivity index (χ4v) is 2.58. The fraction of sp³-hybridized carbons (Fsp3) is 0.500. The number of nitrogens with one attached hydrogen (secondary N) is 1. The highest BCUT2D eigenvalue weighted by Gasteiger charge is 2.24. The molecular weight excluding hydrogens is 198 g/mol. The van der Waals surface area contributed by atoms with Crippen molar-refractivity contribution in [2.45, 2.75) is 12.3 Å². The number of hydrogen-bond donors (Lipinski definition) is 1. The first-order chi connectivity index (χ1) is 6.81. The average molecular weight is 211 g/mol. The minimum absolute atomic E-state index is 0.0395. The predicted molar refractivity (Wildman–Crippen MR) is 56.1 cm³/mol. The van der Waals surface area contributed by atoms with Crippen molar-refractivity contribution in [3.8, 4) is 5.06 Å². The molecule has 1 atom stereocenters. The molecule has 1 fully saturated rings. The van der Waals surface area contributed by atoms with Crippen LogP contribution in [0, 0.1) is 0 Å². The van der Waals surface area contributed by atoms with Crippen molar-refractivity contribution >= 4 is 17.1 Å². The van der Waals surface area contributed by atoms with Crippen LogP contribution in [-0.4, -0.2) is 26.0 Å². The third-order valence-electron chi connectivity index (χ3n) is 2.43. The maximum absolute atomic E-state index is 11.6. The quantitative estimate of drug-likeness (QED) is 0.803. The Bertz CT molecular complexity index is 335. The Balaban J connectivity index is 2.16. The number of methoxy groups -OCH3 is 1. The molecular formula is C10H13NO2S. The van der Waals surface area contributed by atoms with E-state index in [-0.39, 0.29) is 5.92 Å². The molecule has 0 aliphatic carbocycles. The summed E-state index contributed by atoms with van der Waals surface area (Å²) in [4.78, 5) is 12.7. The molecule has 1 N–H and O–H groups in total. The van der Waals surface area contributed by atoms with Crippen LogP contribution in [0.1, 0.15) is 17.2 Å². The van der Waals surface area contributed by atoms with Gasteiger partial charge in [0.25, 0.3) is 0 Å². The molecule has 0 saturated carbocycles. The summed E-state index contributed by atoms with van der Waals surface area (Å²) < 4.78 is 5.11. The number of Topliss-reactive ketones (excluding diaryl/α,β-unsaturated/α-hetero) is 1. The van der Waals surface area contributed by atoms with Crippen LogP contribution in [0.4, 0.5) is 0 Å². The number of carbonyl (C=O) groups excluding carboxylic acids is 1. The second kappa shape index (κ2) is 4.11. The Kier molecular flexibility index (Phi) is 2.84. The summed E-state index contributed by atoms with van der Waals surface area (Å²) in [5.41, 5.74) is 0. The van der Waals surface area contributed by atoms with Gasteiger partial charge in [0.05, 0.1) is 13.0 Å². The monoisotopic (exact) mass is 211 g/mol. The van der Waals surface area contributed by atoms with Gasteiger partial charge in [0.1, 0.15) is 5.78 Å². The largest absolute Gasteiger partial charge is 0.487 e. The minimum atomic E-state index is 0.0395. The Morgan fingerprint density at radius 3 is 3.07 bits per heavy atom. The smallest absolute Gasteiger partial charge is 0.173 e. The zero-order valence-corrected chi connectivity index (χ0v) is 8.89. The van der Waals surface area contributed by atoms with Gasteiger partial charge in [-0.25, -0.2) is 0 Å². The number of hydrogen-bond acceptors (Lipinski definition) is 4. The molecule has 1 aliphatic heterocycles. The summed E-state index contributed by atoms with van der Waals surface area (Å²) in [5.74, 6) is 0.380. The first kappa shape index (κ1) is 9.68. The molecule has 14 heavy (non-hydrogen) atoms. The van der Waals surface area contributed by atoms with Crippen LogP contribution in [0.2, 0.25) is 0 Å². The Labute approximate surface area is 87.1 Å². The van der Waals surface area contributed by atoms with Crippen LogP contribution in [0.5, 0.6) is 5.06 Å². The van der Waals surface area contributed by atoms with Crippen molar-refractivity contribution in [2.75, 3.05) is 20.2 Å². The Morgan fingerprint density at radius 1 is 1.57 bits per heavy atom. The summed E-state index contributed by atoms with van der Waals surface area (Å²) in [5, 5.41) is 4.11. The van der Waals surface area contributed by atoms with Crippen LogP contribution in [0.25, 0.3) is 0 Å². The van der Waals surface area contributed by atoms with Crippen LogP contribution < -0.4 is 10.1 Å². The Morgan fingerprint density at radius 2 is 2.43 bits per heavy atom. The SMILES string of the molecule is COc1ccc(C2CNCCC2=O)s1. The predicted octanol–water partition coefficient (Wildman–Crippen LogP) is 1.40. The van der Waals surface area contributed by atoms with Crippen molar-refractivity contribution in [3.63, 3.8) is 0 Å². The third kappa shape index (κ3) is 1.81. The van der Waals surface area contributed by atoms with Gasteiger partial charge in [0.2, 0.25) is 0 Å². The molecule has 3 nitrogen and oxygen atoms in total. The van der Waals surface area contributed by atoms with Gasteiger partial charge in [0, 0.05) is 24.4 Å². The second-order valence-corrected chi connectivity index (χ2v) is 4.41. The van der Waals surface area contributed by atoms with E-state index in [0.717, 1.165) is 23.0 Å². The summed E-state index contributed by atoms with van der Waals surface area (Å²) in [7, 11) is 1.65. The first-order valence-electron chi connectivity index (χ1n) is 4.68. The molecule has 0 spiro atoms. The minimum Gasteiger partial charge on any atom is -0.487 e. The van der Waals surface area contributed by atoms with Crippen molar-refractivity contribution in [1.82, 2.24) is 5.32 Å². The van der Waals surface area contributed by atoms with E-state index in [2.05, 4.69) is 5.32 Å². The summed E-state index contributed by atoms with van der Waals surface area (Å²) >= 11 is 1.56. The fourth-order valence-electron chi connectivity index (χ4n) is 1.64. The van der Waals surface area contributed by atoms with E-state index < -0.39 is 0 Å². The summed E-state index contributed by atoms with van der Waals surface area (Å²) in [6, 6.07) is 3.90. The van der Waals surface area contributed by atoms with Gasteiger partial charge < -0.3 is 10.1 Å². The lowest BCUT2D eigenvalue weighted by molar-refractivity contribution is -0.121. The van der Waals surface area contributed by atoms with Crippen molar-refractivity contribution in [1.29, 1.82) is 0 Å². The zero-order valence-electron chi connectivity index (χ0n) is 8.08. The van der Waals surface area contributed by atoms with Crippen LogP contribution in [0.15, 0.2) is 12.1 Å². The molecule has 1 aromatic heterocycles. The number of thiophene rings is 1. The van der Waals surface area contributed by atoms with Gasteiger partial charge in [-0.15, -0.1) is 11.3 Å². The summed E-state index contributed by atoms with van der Waals surface area (Å²) in [6.07, 6.45) is 0.644. The number of piperidine rings is 1. The normalized spacial score (nSPS) is 22.4. The van der Waals surface area contributed by atoms with Gasteiger partial charge in [-0.2, -0.15) is 0 Å². The number of rotatable bonds is 2. The van der Waals surface area contributed by atoms with E-state index in [1.165, 1.54) is 0 Å². The Hall–Kier alpha value is -0.870. The standard InChI is InChI=1S/C10H13NO2S/c1-13-10-3-2-9(14-10)7-6-11-5-4-8(7)12/h2-3,7,11H,4-6H2,1H3. The van der Waals surface area contributed by atoms with Crippen LogP contribution >= 0.6 is 11.3 Å². The van der Waals surface area contributed by atoms with Gasteiger partial charge in [-0.1, -0.05) is 0 Å². The topological polar surface area (TPSA) is 38.3 Å². The molecule has 2 heterocycles. The lowest BCUT2D eigenvalue weighted by atomic mass is 9.96. The highest BCUT2D eigenvalue weighted by molar-refractivity contribution is 7.14. The second-order valence-electron chi connectivity index (χ2n) is 3.33. The van der Waals surface area contributed by atoms with Crippen molar-refractivity contribution < 1.29 is 9.53 Å². The number of ether oxygens (including phenoxy) is 1. The van der Waals surface area contributed by atoms with Gasteiger partial charge in [-0.05, 0) is 12.1 Å². The maximum atomic E-state index is 11.6. The average Bonchev–Trinajstić information content (AvgIpc) is 2.67. The van der Waals surface area contributed by atoms with E-state index in [1.54, 1.807) is 18.4 Å². The highest BCUT2D eigenvalue weighted by atomic mass is 32.1. The molecule has 1 unspecified atom stereocenters. The molecule has 4 heteroatoms. The van der Waals surface area contributed by atoms with Crippen LogP contribution in [-0.2, 0) is 4.79 Å². The van der Waals surface area contributed by atoms with E-state index in [0.29, 0.717) is 12.2 Å². The molecule has 0 aromatic carbocycles. The molecule has 0 radical (unpaired) electrons. The molecule has 1 saturated heterocycles. The van der Waals surface area contributed by atoms with Gasteiger partial charge >= 0.3 is 0 Å². The molecule has 0 bridgehead atoms. The van der Waals surface area contributed by atoms with Gasteiger partial charge in [-0.3, -0.25) is 4.79 Å². The number of ketones is 1. The maximum Gasteiger partial charge on any atom is 0.173 e. The third-order valence-corrected chi connectivity index (χ3v) is 3.59. The van der Waals surface area contributed by atoms with Crippen molar-refractivity contribution in [3.05, 3.63) is 17.0 Å². The van der Waals surface area contributed by atoms with E-state index in [4.69, 9.17) is 4.74 Å². The van der Waals surface area contributed by atoms with E-state index in [9.17, 15) is 4.79 Å². The molecule has 0 amide bonds. The first-order valence-corrected chi connectivity index (χ1v) is 5.50. The lowest BCUT2D eigenvalue weighted by Gasteiger charge is -2.20.